The number of hydrogen-bond donors (Lipinski definition) is 0. The molecule has 2 aromatic rings. The van der Waals surface area contributed by atoms with Gasteiger partial charge in [-0.05, 0) is 44.7 Å². The second-order valence-electron chi connectivity index (χ2n) is 7.96. The lowest BCUT2D eigenvalue weighted by atomic mass is 9.89. The first-order chi connectivity index (χ1) is 12.9. The zero-order chi connectivity index (χ0) is 17.6. The minimum atomic E-state index is 0.592. The fraction of sp³-hybridized carbons (Fsp3) is 0.667. The smallest absolute Gasteiger partial charge is 0.131 e. The second kappa shape index (κ2) is 8.76. The molecular formula is C21H31N5. The highest BCUT2D eigenvalue weighted by Crippen LogP contribution is 2.30. The first-order valence-corrected chi connectivity index (χ1v) is 10.4. The van der Waals surface area contributed by atoms with Crippen LogP contribution in [0.5, 0.6) is 0 Å². The molecule has 140 valence electrons. The molecule has 0 unspecified atom stereocenters. The van der Waals surface area contributed by atoms with E-state index in [0.29, 0.717) is 12.0 Å². The van der Waals surface area contributed by atoms with Crippen LogP contribution >= 0.6 is 0 Å². The van der Waals surface area contributed by atoms with E-state index < -0.39 is 0 Å². The number of nitrogens with zero attached hydrogens (tertiary/aromatic N) is 5. The lowest BCUT2D eigenvalue weighted by Crippen LogP contribution is -2.39. The zero-order valence-electron chi connectivity index (χ0n) is 15.8. The van der Waals surface area contributed by atoms with E-state index in [1.54, 1.807) is 0 Å². The Hall–Kier alpha value is -1.75. The Balaban J connectivity index is 1.34. The van der Waals surface area contributed by atoms with Crippen molar-refractivity contribution in [2.45, 2.75) is 82.8 Å². The Morgan fingerprint density at radius 1 is 0.962 bits per heavy atom. The van der Waals surface area contributed by atoms with E-state index in [4.69, 9.17) is 9.97 Å². The van der Waals surface area contributed by atoms with Crippen molar-refractivity contribution in [3.63, 3.8) is 0 Å². The van der Waals surface area contributed by atoms with E-state index in [-0.39, 0.29) is 0 Å². The highest BCUT2D eigenvalue weighted by atomic mass is 15.3. The monoisotopic (exact) mass is 353 g/mol. The van der Waals surface area contributed by atoms with Crippen molar-refractivity contribution in [3.05, 3.63) is 42.2 Å². The third-order valence-corrected chi connectivity index (χ3v) is 6.08. The van der Waals surface area contributed by atoms with Gasteiger partial charge in [0.15, 0.2) is 0 Å². The molecule has 5 heteroatoms. The lowest BCUT2D eigenvalue weighted by Gasteiger charge is -2.35. The number of hydrogen-bond acceptors (Lipinski definition) is 4. The molecule has 1 aliphatic carbocycles. The van der Waals surface area contributed by atoms with Gasteiger partial charge in [0.1, 0.15) is 5.82 Å². The molecule has 0 aromatic carbocycles. The summed E-state index contributed by atoms with van der Waals surface area (Å²) in [5.74, 6) is 1.66. The maximum atomic E-state index is 4.73. The van der Waals surface area contributed by atoms with Crippen molar-refractivity contribution in [1.29, 1.82) is 0 Å². The van der Waals surface area contributed by atoms with Gasteiger partial charge in [-0.3, -0.25) is 9.58 Å². The molecule has 0 bridgehead atoms. The summed E-state index contributed by atoms with van der Waals surface area (Å²) in [4.78, 5) is 12.1. The molecule has 1 saturated carbocycles. The van der Waals surface area contributed by atoms with Crippen LogP contribution in [-0.4, -0.2) is 37.2 Å². The molecule has 3 heterocycles. The molecule has 2 aliphatic rings. The SMILES string of the molecule is c1cnn(CC[C@H]2CCCCN2Cc2cnc(C3CCCCC3)nc2)c1. The quantitative estimate of drug-likeness (QED) is 0.782. The van der Waals surface area contributed by atoms with Crippen LogP contribution in [0.2, 0.25) is 0 Å². The van der Waals surface area contributed by atoms with Gasteiger partial charge in [0, 0.05) is 55.4 Å². The van der Waals surface area contributed by atoms with Gasteiger partial charge in [0.2, 0.25) is 0 Å². The number of aryl methyl sites for hydroxylation is 1. The van der Waals surface area contributed by atoms with Crippen LogP contribution in [-0.2, 0) is 13.1 Å². The van der Waals surface area contributed by atoms with Gasteiger partial charge in [-0.25, -0.2) is 9.97 Å². The standard InChI is InChI=1S/C21H31N5/c1-2-7-19(8-3-1)21-22-15-18(16-23-21)17-25-12-5-4-9-20(25)10-14-26-13-6-11-24-26/h6,11,13,15-16,19-20H,1-5,7-10,12,14,17H2/t20-/m1/s1. The molecule has 1 aliphatic heterocycles. The van der Waals surface area contributed by atoms with Crippen LogP contribution in [0.15, 0.2) is 30.9 Å². The van der Waals surface area contributed by atoms with Gasteiger partial charge in [0.25, 0.3) is 0 Å². The predicted octanol–water partition coefficient (Wildman–Crippen LogP) is 4.17. The molecule has 0 radical (unpaired) electrons. The fourth-order valence-electron chi connectivity index (χ4n) is 4.56. The highest BCUT2D eigenvalue weighted by molar-refractivity contribution is 5.08. The van der Waals surface area contributed by atoms with Crippen LogP contribution in [0, 0.1) is 0 Å². The minimum absolute atomic E-state index is 0.592. The Morgan fingerprint density at radius 3 is 2.54 bits per heavy atom. The first-order valence-electron chi connectivity index (χ1n) is 10.4. The van der Waals surface area contributed by atoms with E-state index in [1.165, 1.54) is 69.9 Å². The van der Waals surface area contributed by atoms with Crippen LogP contribution in [0.4, 0.5) is 0 Å². The molecule has 0 spiro atoms. The van der Waals surface area contributed by atoms with E-state index in [1.807, 2.05) is 12.3 Å². The molecule has 1 atom stereocenters. The van der Waals surface area contributed by atoms with E-state index in [2.05, 4.69) is 33.3 Å². The van der Waals surface area contributed by atoms with Crippen LogP contribution < -0.4 is 0 Å². The average Bonchev–Trinajstić information content (AvgIpc) is 3.22. The molecular weight excluding hydrogens is 322 g/mol. The summed E-state index contributed by atoms with van der Waals surface area (Å²) in [5.41, 5.74) is 1.26. The van der Waals surface area contributed by atoms with E-state index in [9.17, 15) is 0 Å². The van der Waals surface area contributed by atoms with Gasteiger partial charge in [-0.2, -0.15) is 5.10 Å². The van der Waals surface area contributed by atoms with E-state index >= 15 is 0 Å². The molecule has 4 rings (SSSR count). The van der Waals surface area contributed by atoms with Crippen LogP contribution in [0.25, 0.3) is 0 Å². The van der Waals surface area contributed by atoms with Crippen molar-refractivity contribution < 1.29 is 0 Å². The van der Waals surface area contributed by atoms with Gasteiger partial charge in [-0.1, -0.05) is 25.7 Å². The van der Waals surface area contributed by atoms with Crippen molar-refractivity contribution in [3.8, 4) is 0 Å². The Bertz CT molecular complexity index is 646. The molecule has 2 aromatic heterocycles. The summed E-state index contributed by atoms with van der Waals surface area (Å²) < 4.78 is 2.05. The third kappa shape index (κ3) is 4.50. The Labute approximate surface area is 156 Å². The Kier molecular flexibility index (Phi) is 5.95. The molecule has 2 fully saturated rings. The predicted molar refractivity (Wildman–Crippen MR) is 103 cm³/mol. The summed E-state index contributed by atoms with van der Waals surface area (Å²) in [6.45, 7) is 3.17. The number of piperidine rings is 1. The van der Waals surface area contributed by atoms with Crippen molar-refractivity contribution >= 4 is 0 Å². The molecule has 5 nitrogen and oxygen atoms in total. The van der Waals surface area contributed by atoms with Gasteiger partial charge in [-0.15, -0.1) is 0 Å². The van der Waals surface area contributed by atoms with Gasteiger partial charge in [0.05, 0.1) is 0 Å². The largest absolute Gasteiger partial charge is 0.296 e. The summed E-state index contributed by atoms with van der Waals surface area (Å²) in [5, 5.41) is 4.34. The summed E-state index contributed by atoms with van der Waals surface area (Å²) in [6, 6.07) is 2.65. The molecule has 1 saturated heterocycles. The first kappa shape index (κ1) is 17.7. The number of rotatable bonds is 6. The third-order valence-electron chi connectivity index (χ3n) is 6.08. The van der Waals surface area contributed by atoms with Gasteiger partial charge >= 0.3 is 0 Å². The minimum Gasteiger partial charge on any atom is -0.296 e. The fourth-order valence-corrected chi connectivity index (χ4v) is 4.56. The van der Waals surface area contributed by atoms with Crippen LogP contribution in [0.3, 0.4) is 0 Å². The average molecular weight is 354 g/mol. The molecule has 26 heavy (non-hydrogen) atoms. The highest BCUT2D eigenvalue weighted by Gasteiger charge is 2.23. The van der Waals surface area contributed by atoms with Crippen molar-refractivity contribution in [2.75, 3.05) is 6.54 Å². The number of aromatic nitrogens is 4. The Morgan fingerprint density at radius 2 is 1.77 bits per heavy atom. The zero-order valence-corrected chi connectivity index (χ0v) is 15.8. The summed E-state index contributed by atoms with van der Waals surface area (Å²) in [6.07, 6.45) is 19.8. The number of likely N-dealkylation sites (tertiary alicyclic amines) is 1. The van der Waals surface area contributed by atoms with Gasteiger partial charge < -0.3 is 0 Å². The van der Waals surface area contributed by atoms with E-state index in [0.717, 1.165) is 18.9 Å². The topological polar surface area (TPSA) is 46.8 Å². The maximum absolute atomic E-state index is 4.73. The molecule has 0 N–H and O–H groups in total. The second-order valence-corrected chi connectivity index (χ2v) is 7.96. The lowest BCUT2D eigenvalue weighted by molar-refractivity contribution is 0.127. The summed E-state index contributed by atoms with van der Waals surface area (Å²) in [7, 11) is 0. The normalized spacial score (nSPS) is 22.5. The molecule has 0 amide bonds. The van der Waals surface area contributed by atoms with Crippen LogP contribution in [0.1, 0.15) is 75.1 Å². The van der Waals surface area contributed by atoms with Crippen molar-refractivity contribution in [1.82, 2.24) is 24.6 Å². The maximum Gasteiger partial charge on any atom is 0.131 e. The van der Waals surface area contributed by atoms with Crippen molar-refractivity contribution in [2.24, 2.45) is 0 Å². The summed E-state index contributed by atoms with van der Waals surface area (Å²) >= 11 is 0.